The summed E-state index contributed by atoms with van der Waals surface area (Å²) in [5, 5.41) is 2.71. The molecule has 1 aliphatic heterocycles. The first-order valence-corrected chi connectivity index (χ1v) is 12.4. The minimum absolute atomic E-state index is 0.0376. The average molecular weight is 487 g/mol. The molecule has 4 rings (SSSR count). The number of sulfonamides is 1. The van der Waals surface area contributed by atoms with E-state index in [1.165, 1.54) is 27.9 Å². The number of carbonyl (C=O) groups is 2. The zero-order valence-corrected chi connectivity index (χ0v) is 20.0. The van der Waals surface area contributed by atoms with Crippen molar-refractivity contribution < 1.29 is 22.4 Å². The fraction of sp³-hybridized carbons (Fsp3) is 0.348. The molecule has 2 aromatic carbocycles. The fourth-order valence-electron chi connectivity index (χ4n) is 4.15. The van der Waals surface area contributed by atoms with Crippen LogP contribution in [0.25, 0.3) is 11.1 Å². The first kappa shape index (κ1) is 23.7. The third-order valence-electron chi connectivity index (χ3n) is 5.99. The monoisotopic (exact) mass is 486 g/mol. The Morgan fingerprint density at radius 2 is 1.79 bits per heavy atom. The number of piperazine rings is 1. The molecule has 10 nitrogen and oxygen atoms in total. The Morgan fingerprint density at radius 1 is 1.09 bits per heavy atom. The third kappa shape index (κ3) is 4.24. The highest BCUT2D eigenvalue weighted by molar-refractivity contribution is 7.89. The normalized spacial score (nSPS) is 15.0. The molecule has 2 heterocycles. The van der Waals surface area contributed by atoms with E-state index in [2.05, 4.69) is 5.32 Å². The van der Waals surface area contributed by atoms with Crippen LogP contribution in [0.1, 0.15) is 29.8 Å². The van der Waals surface area contributed by atoms with Crippen molar-refractivity contribution in [2.24, 2.45) is 0 Å². The van der Waals surface area contributed by atoms with Gasteiger partial charge in [0.2, 0.25) is 15.9 Å². The lowest BCUT2D eigenvalue weighted by Crippen LogP contribution is -2.50. The summed E-state index contributed by atoms with van der Waals surface area (Å²) in [6, 6.07) is 9.52. The number of nitrogens with one attached hydrogen (secondary N) is 1. The standard InChI is InChI=1S/C23H26N4O6S/c1-4-27-20-9-8-17(14-21(20)33-23(27)30)34(31,32)26-12-10-25(11-13-26)22(29)18-6-5-7-19(15(18)2)24-16(3)28/h5-9,14H,4,10-13H2,1-3H3,(H,24,28). The molecule has 0 radical (unpaired) electrons. The number of benzene rings is 2. The summed E-state index contributed by atoms with van der Waals surface area (Å²) in [7, 11) is -3.83. The number of aromatic nitrogens is 1. The maximum atomic E-state index is 13.2. The van der Waals surface area contributed by atoms with E-state index in [1.807, 2.05) is 0 Å². The molecule has 1 N–H and O–H groups in total. The van der Waals surface area contributed by atoms with E-state index in [1.54, 1.807) is 43.0 Å². The largest absolute Gasteiger partial charge is 0.419 e. The molecule has 3 aromatic rings. The molecule has 180 valence electrons. The number of amides is 2. The van der Waals surface area contributed by atoms with Gasteiger partial charge in [-0.2, -0.15) is 4.31 Å². The van der Waals surface area contributed by atoms with E-state index in [-0.39, 0.29) is 48.5 Å². The first-order valence-electron chi connectivity index (χ1n) is 10.9. The van der Waals surface area contributed by atoms with Crippen LogP contribution in [0, 0.1) is 6.92 Å². The second kappa shape index (κ2) is 9.07. The van der Waals surface area contributed by atoms with E-state index in [4.69, 9.17) is 4.42 Å². The van der Waals surface area contributed by atoms with Gasteiger partial charge in [0.15, 0.2) is 5.58 Å². The molecule has 11 heteroatoms. The van der Waals surface area contributed by atoms with Crippen LogP contribution in [0.2, 0.25) is 0 Å². The molecule has 0 atom stereocenters. The summed E-state index contributed by atoms with van der Waals surface area (Å²) in [6.45, 7) is 6.11. The summed E-state index contributed by atoms with van der Waals surface area (Å²) >= 11 is 0. The number of aryl methyl sites for hydroxylation is 1. The molecule has 0 aliphatic carbocycles. The smallest absolute Gasteiger partial charge is 0.408 e. The van der Waals surface area contributed by atoms with Crippen molar-refractivity contribution in [3.63, 3.8) is 0 Å². The van der Waals surface area contributed by atoms with Crippen LogP contribution < -0.4 is 11.1 Å². The van der Waals surface area contributed by atoms with Gasteiger partial charge in [0.05, 0.1) is 10.4 Å². The van der Waals surface area contributed by atoms with E-state index < -0.39 is 15.8 Å². The lowest BCUT2D eigenvalue weighted by molar-refractivity contribution is -0.114. The number of hydrogen-bond acceptors (Lipinski definition) is 6. The van der Waals surface area contributed by atoms with E-state index in [0.29, 0.717) is 28.9 Å². The Kier molecular flexibility index (Phi) is 6.32. The first-order chi connectivity index (χ1) is 16.1. The lowest BCUT2D eigenvalue weighted by Gasteiger charge is -2.34. The lowest BCUT2D eigenvalue weighted by atomic mass is 10.0. The average Bonchev–Trinajstić information content (AvgIpc) is 3.13. The van der Waals surface area contributed by atoms with Crippen LogP contribution in [0.4, 0.5) is 5.69 Å². The molecule has 1 aliphatic rings. The number of carbonyl (C=O) groups excluding carboxylic acids is 2. The molecular formula is C23H26N4O6S. The predicted molar refractivity (Wildman–Crippen MR) is 126 cm³/mol. The molecule has 1 fully saturated rings. The van der Waals surface area contributed by atoms with Gasteiger partial charge in [-0.25, -0.2) is 13.2 Å². The zero-order chi connectivity index (χ0) is 24.6. The SMILES string of the molecule is CCn1c(=O)oc2cc(S(=O)(=O)N3CCN(C(=O)c4cccc(NC(C)=O)c4C)CC3)ccc21. The van der Waals surface area contributed by atoms with Gasteiger partial charge in [-0.15, -0.1) is 0 Å². The second-order valence-electron chi connectivity index (χ2n) is 8.10. The van der Waals surface area contributed by atoms with Crippen molar-refractivity contribution in [3.8, 4) is 0 Å². The van der Waals surface area contributed by atoms with Crippen molar-refractivity contribution in [3.05, 3.63) is 58.1 Å². The van der Waals surface area contributed by atoms with Crippen molar-refractivity contribution in [1.29, 1.82) is 0 Å². The molecule has 0 saturated carbocycles. The van der Waals surface area contributed by atoms with Gasteiger partial charge in [-0.3, -0.25) is 14.2 Å². The van der Waals surface area contributed by atoms with Crippen molar-refractivity contribution in [2.75, 3.05) is 31.5 Å². The predicted octanol–water partition coefficient (Wildman–Crippen LogP) is 2.03. The Morgan fingerprint density at radius 3 is 2.44 bits per heavy atom. The van der Waals surface area contributed by atoms with Gasteiger partial charge in [-0.05, 0) is 43.7 Å². The number of fused-ring (bicyclic) bond motifs is 1. The fourth-order valence-corrected chi connectivity index (χ4v) is 5.59. The Bertz CT molecular complexity index is 1430. The Labute approximate surface area is 196 Å². The van der Waals surface area contributed by atoms with Crippen LogP contribution in [0.3, 0.4) is 0 Å². The van der Waals surface area contributed by atoms with Gasteiger partial charge >= 0.3 is 5.76 Å². The molecule has 0 unspecified atom stereocenters. The maximum Gasteiger partial charge on any atom is 0.419 e. The number of hydrogen-bond donors (Lipinski definition) is 1. The molecule has 0 bridgehead atoms. The maximum absolute atomic E-state index is 13.2. The van der Waals surface area contributed by atoms with E-state index in [0.717, 1.165) is 0 Å². The van der Waals surface area contributed by atoms with Gasteiger partial charge in [0.25, 0.3) is 5.91 Å². The van der Waals surface area contributed by atoms with Gasteiger partial charge in [-0.1, -0.05) is 6.07 Å². The topological polar surface area (TPSA) is 122 Å². The van der Waals surface area contributed by atoms with Gasteiger partial charge < -0.3 is 14.6 Å². The summed E-state index contributed by atoms with van der Waals surface area (Å²) < 4.78 is 34.3. The van der Waals surface area contributed by atoms with Crippen molar-refractivity contribution >= 4 is 38.6 Å². The van der Waals surface area contributed by atoms with Crippen LogP contribution in [-0.2, 0) is 21.4 Å². The highest BCUT2D eigenvalue weighted by Crippen LogP contribution is 2.24. The third-order valence-corrected chi connectivity index (χ3v) is 7.89. The van der Waals surface area contributed by atoms with E-state index in [9.17, 15) is 22.8 Å². The Hall–Kier alpha value is -3.44. The number of rotatable bonds is 5. The molecule has 0 spiro atoms. The second-order valence-corrected chi connectivity index (χ2v) is 10.0. The highest BCUT2D eigenvalue weighted by Gasteiger charge is 2.31. The zero-order valence-electron chi connectivity index (χ0n) is 19.2. The Balaban J connectivity index is 1.50. The van der Waals surface area contributed by atoms with Crippen LogP contribution in [-0.4, -0.2) is 60.2 Å². The quantitative estimate of drug-likeness (QED) is 0.589. The van der Waals surface area contributed by atoms with Crippen LogP contribution >= 0.6 is 0 Å². The van der Waals surface area contributed by atoms with Crippen molar-refractivity contribution in [1.82, 2.24) is 13.8 Å². The van der Waals surface area contributed by atoms with Gasteiger partial charge in [0.1, 0.15) is 0 Å². The number of nitrogens with zero attached hydrogens (tertiary/aromatic N) is 3. The summed E-state index contributed by atoms with van der Waals surface area (Å²) in [6.07, 6.45) is 0. The van der Waals surface area contributed by atoms with Crippen LogP contribution in [0.15, 0.2) is 50.5 Å². The molecule has 1 saturated heterocycles. The molecular weight excluding hydrogens is 460 g/mol. The molecule has 34 heavy (non-hydrogen) atoms. The van der Waals surface area contributed by atoms with Crippen molar-refractivity contribution in [2.45, 2.75) is 32.2 Å². The summed E-state index contributed by atoms with van der Waals surface area (Å²) in [5.74, 6) is -0.974. The van der Waals surface area contributed by atoms with Crippen LogP contribution in [0.5, 0.6) is 0 Å². The minimum Gasteiger partial charge on any atom is -0.408 e. The summed E-state index contributed by atoms with van der Waals surface area (Å²) in [4.78, 5) is 38.1. The molecule has 2 amide bonds. The number of anilines is 1. The number of oxazole rings is 1. The van der Waals surface area contributed by atoms with E-state index >= 15 is 0 Å². The van der Waals surface area contributed by atoms with Gasteiger partial charge in [0, 0.05) is 57.0 Å². The highest BCUT2D eigenvalue weighted by atomic mass is 32.2. The minimum atomic E-state index is -3.83. The summed E-state index contributed by atoms with van der Waals surface area (Å²) in [5.41, 5.74) is 2.45. The molecule has 1 aromatic heterocycles.